The minimum Gasteiger partial charge on any atom is -0.298 e. The zero-order valence-electron chi connectivity index (χ0n) is 10.4. The van der Waals surface area contributed by atoms with Crippen LogP contribution in [0.2, 0.25) is 0 Å². The Bertz CT molecular complexity index is 417. The Morgan fingerprint density at radius 1 is 1.24 bits per heavy atom. The topological polar surface area (TPSA) is 49.4 Å². The van der Waals surface area contributed by atoms with Gasteiger partial charge in [0.25, 0.3) is 0 Å². The third kappa shape index (κ3) is 6.41. The Hall–Kier alpha value is -0.910. The quantitative estimate of drug-likeness (QED) is 0.793. The van der Waals surface area contributed by atoms with Crippen molar-refractivity contribution in [3.8, 4) is 0 Å². The summed E-state index contributed by atoms with van der Waals surface area (Å²) >= 11 is 0. The summed E-state index contributed by atoms with van der Waals surface area (Å²) in [5, 5.41) is 0. The fraction of sp³-hybridized carbons (Fsp3) is 0.500. The van der Waals surface area contributed by atoms with Crippen LogP contribution in [0.5, 0.6) is 0 Å². The summed E-state index contributed by atoms with van der Waals surface area (Å²) in [4.78, 5) is 2.20. The molecule has 0 aliphatic rings. The van der Waals surface area contributed by atoms with E-state index in [1.807, 2.05) is 18.2 Å². The van der Waals surface area contributed by atoms with Gasteiger partial charge in [-0.05, 0) is 12.1 Å². The number of nitrogens with one attached hydrogen (secondary N) is 1. The van der Waals surface area contributed by atoms with Gasteiger partial charge < -0.3 is 0 Å². The number of benzene rings is 1. The SMILES string of the molecule is CCN(CCNS(C)(=O)=O)Cc1ccccc1. The highest BCUT2D eigenvalue weighted by Gasteiger charge is 2.05. The molecule has 4 nitrogen and oxygen atoms in total. The van der Waals surface area contributed by atoms with Crippen molar-refractivity contribution in [3.05, 3.63) is 35.9 Å². The molecule has 0 radical (unpaired) electrons. The number of sulfonamides is 1. The first-order valence-electron chi connectivity index (χ1n) is 5.72. The van der Waals surface area contributed by atoms with Crippen LogP contribution in [0.15, 0.2) is 30.3 Å². The lowest BCUT2D eigenvalue weighted by atomic mass is 10.2. The summed E-state index contributed by atoms with van der Waals surface area (Å²) in [6.45, 7) is 5.00. The molecule has 1 aromatic rings. The van der Waals surface area contributed by atoms with Gasteiger partial charge in [0.1, 0.15) is 0 Å². The Labute approximate surface area is 104 Å². The first-order chi connectivity index (χ1) is 8.01. The molecule has 0 fully saturated rings. The average Bonchev–Trinajstić information content (AvgIpc) is 2.27. The van der Waals surface area contributed by atoms with Crippen LogP contribution in [-0.4, -0.2) is 39.2 Å². The van der Waals surface area contributed by atoms with Gasteiger partial charge in [0, 0.05) is 19.6 Å². The zero-order valence-corrected chi connectivity index (χ0v) is 11.2. The maximum Gasteiger partial charge on any atom is 0.208 e. The van der Waals surface area contributed by atoms with Crippen LogP contribution in [0, 0.1) is 0 Å². The lowest BCUT2D eigenvalue weighted by Crippen LogP contribution is -2.34. The van der Waals surface area contributed by atoms with E-state index in [4.69, 9.17) is 0 Å². The van der Waals surface area contributed by atoms with Crippen molar-refractivity contribution in [3.63, 3.8) is 0 Å². The molecule has 0 aliphatic heterocycles. The first-order valence-corrected chi connectivity index (χ1v) is 7.61. The summed E-state index contributed by atoms with van der Waals surface area (Å²) in [6.07, 6.45) is 1.18. The number of nitrogens with zero attached hydrogens (tertiary/aromatic N) is 1. The van der Waals surface area contributed by atoms with Crippen LogP contribution in [0.3, 0.4) is 0 Å². The molecule has 1 aromatic carbocycles. The second-order valence-electron chi connectivity index (χ2n) is 4.02. The van der Waals surface area contributed by atoms with Crippen LogP contribution >= 0.6 is 0 Å². The van der Waals surface area contributed by atoms with Crippen molar-refractivity contribution in [1.82, 2.24) is 9.62 Å². The number of hydrogen-bond acceptors (Lipinski definition) is 3. The molecule has 0 aliphatic carbocycles. The standard InChI is InChI=1S/C12H20N2O2S/c1-3-14(10-9-13-17(2,15)16)11-12-7-5-4-6-8-12/h4-8,13H,3,9-11H2,1-2H3. The van der Waals surface area contributed by atoms with E-state index in [-0.39, 0.29) is 0 Å². The van der Waals surface area contributed by atoms with Crippen LogP contribution in [0.4, 0.5) is 0 Å². The largest absolute Gasteiger partial charge is 0.298 e. The summed E-state index contributed by atoms with van der Waals surface area (Å²) in [5.41, 5.74) is 1.24. The summed E-state index contributed by atoms with van der Waals surface area (Å²) < 4.78 is 24.4. The van der Waals surface area contributed by atoms with E-state index in [1.165, 1.54) is 11.8 Å². The first kappa shape index (κ1) is 14.2. The highest BCUT2D eigenvalue weighted by atomic mass is 32.2. The van der Waals surface area contributed by atoms with Crippen molar-refractivity contribution < 1.29 is 8.42 Å². The zero-order chi connectivity index (χ0) is 12.7. The average molecular weight is 256 g/mol. The maximum absolute atomic E-state index is 10.9. The summed E-state index contributed by atoms with van der Waals surface area (Å²) in [6, 6.07) is 10.2. The van der Waals surface area contributed by atoms with Crippen molar-refractivity contribution in [2.24, 2.45) is 0 Å². The van der Waals surface area contributed by atoms with Crippen molar-refractivity contribution >= 4 is 10.0 Å². The van der Waals surface area contributed by atoms with Gasteiger partial charge in [-0.25, -0.2) is 13.1 Å². The fourth-order valence-electron chi connectivity index (χ4n) is 1.58. The molecule has 0 spiro atoms. The monoisotopic (exact) mass is 256 g/mol. The van der Waals surface area contributed by atoms with E-state index in [9.17, 15) is 8.42 Å². The van der Waals surface area contributed by atoms with Gasteiger partial charge in [-0.15, -0.1) is 0 Å². The van der Waals surface area contributed by atoms with E-state index < -0.39 is 10.0 Å². The molecule has 0 saturated carbocycles. The predicted molar refractivity (Wildman–Crippen MR) is 70.2 cm³/mol. The van der Waals surface area contributed by atoms with Gasteiger partial charge in [-0.1, -0.05) is 37.3 Å². The van der Waals surface area contributed by atoms with Crippen molar-refractivity contribution in [2.45, 2.75) is 13.5 Å². The number of likely N-dealkylation sites (N-methyl/N-ethyl adjacent to an activating group) is 1. The number of rotatable bonds is 7. The third-order valence-corrected chi connectivity index (χ3v) is 3.22. The van der Waals surface area contributed by atoms with E-state index in [2.05, 4.69) is 28.7 Å². The fourth-order valence-corrected chi connectivity index (χ4v) is 2.04. The third-order valence-electron chi connectivity index (χ3n) is 2.49. The van der Waals surface area contributed by atoms with E-state index >= 15 is 0 Å². The van der Waals surface area contributed by atoms with E-state index in [1.54, 1.807) is 0 Å². The van der Waals surface area contributed by atoms with Gasteiger partial charge in [0.2, 0.25) is 10.0 Å². The lowest BCUT2D eigenvalue weighted by molar-refractivity contribution is 0.285. The second kappa shape index (κ2) is 6.74. The summed E-state index contributed by atoms with van der Waals surface area (Å²) in [7, 11) is -3.08. The second-order valence-corrected chi connectivity index (χ2v) is 5.85. The molecule has 0 heterocycles. The van der Waals surface area contributed by atoms with Crippen LogP contribution in [-0.2, 0) is 16.6 Å². The molecule has 0 saturated heterocycles. The summed E-state index contributed by atoms with van der Waals surface area (Å²) in [5.74, 6) is 0. The van der Waals surface area contributed by atoms with Gasteiger partial charge in [-0.3, -0.25) is 4.90 Å². The van der Waals surface area contributed by atoms with Gasteiger partial charge in [0.15, 0.2) is 0 Å². The Balaban J connectivity index is 2.39. The lowest BCUT2D eigenvalue weighted by Gasteiger charge is -2.20. The van der Waals surface area contributed by atoms with Crippen LogP contribution < -0.4 is 4.72 Å². The Morgan fingerprint density at radius 3 is 2.41 bits per heavy atom. The van der Waals surface area contributed by atoms with Crippen molar-refractivity contribution in [1.29, 1.82) is 0 Å². The molecule has 1 rings (SSSR count). The maximum atomic E-state index is 10.9. The molecular weight excluding hydrogens is 236 g/mol. The van der Waals surface area contributed by atoms with Gasteiger partial charge >= 0.3 is 0 Å². The van der Waals surface area contributed by atoms with E-state index in [0.717, 1.165) is 19.6 Å². The molecule has 0 atom stereocenters. The highest BCUT2D eigenvalue weighted by molar-refractivity contribution is 7.88. The smallest absolute Gasteiger partial charge is 0.208 e. The minimum atomic E-state index is -3.08. The van der Waals surface area contributed by atoms with Gasteiger partial charge in [0.05, 0.1) is 6.26 Å². The van der Waals surface area contributed by atoms with Crippen LogP contribution in [0.25, 0.3) is 0 Å². The molecule has 0 aromatic heterocycles. The molecule has 1 N–H and O–H groups in total. The molecule has 5 heteroatoms. The number of hydrogen-bond donors (Lipinski definition) is 1. The molecule has 96 valence electrons. The Morgan fingerprint density at radius 2 is 1.88 bits per heavy atom. The van der Waals surface area contributed by atoms with Crippen molar-refractivity contribution in [2.75, 3.05) is 25.9 Å². The molecule has 0 bridgehead atoms. The Kier molecular flexibility index (Phi) is 5.61. The normalized spacial score (nSPS) is 11.9. The minimum absolute atomic E-state index is 0.458. The van der Waals surface area contributed by atoms with Gasteiger partial charge in [-0.2, -0.15) is 0 Å². The molecule has 0 unspecified atom stereocenters. The van der Waals surface area contributed by atoms with Crippen LogP contribution in [0.1, 0.15) is 12.5 Å². The molecule has 17 heavy (non-hydrogen) atoms. The van der Waals surface area contributed by atoms with E-state index in [0.29, 0.717) is 6.54 Å². The molecular formula is C12H20N2O2S. The molecule has 0 amide bonds. The predicted octanol–water partition coefficient (Wildman–Crippen LogP) is 1.06. The highest BCUT2D eigenvalue weighted by Crippen LogP contribution is 2.03.